The van der Waals surface area contributed by atoms with Gasteiger partial charge in [0.25, 0.3) is 5.91 Å². The third kappa shape index (κ3) is 3.43. The van der Waals surface area contributed by atoms with Crippen LogP contribution >= 0.6 is 11.6 Å². The van der Waals surface area contributed by atoms with Gasteiger partial charge in [-0.05, 0) is 31.7 Å². The number of aryl methyl sites for hydroxylation is 1. The highest BCUT2D eigenvalue weighted by atomic mass is 35.5. The van der Waals surface area contributed by atoms with E-state index in [1.54, 1.807) is 6.07 Å². The van der Waals surface area contributed by atoms with Crippen LogP contribution < -0.4 is 5.32 Å². The quantitative estimate of drug-likeness (QED) is 0.911. The van der Waals surface area contributed by atoms with Crippen molar-refractivity contribution in [1.29, 1.82) is 0 Å². The normalized spacial score (nSPS) is 18.9. The maximum absolute atomic E-state index is 11.9. The molecule has 1 unspecified atom stereocenters. The lowest BCUT2D eigenvalue weighted by Crippen LogP contribution is -2.26. The lowest BCUT2D eigenvalue weighted by Gasteiger charge is -2.09. The number of hydrogen-bond acceptors (Lipinski definition) is 3. The van der Waals surface area contributed by atoms with E-state index in [9.17, 15) is 4.79 Å². The number of pyridine rings is 1. The smallest absolute Gasteiger partial charge is 0.254 e. The number of aromatic nitrogens is 1. The number of nitrogens with one attached hydrogen (secondary N) is 1. The summed E-state index contributed by atoms with van der Waals surface area (Å²) in [5.74, 6) is 0.406. The molecule has 18 heavy (non-hydrogen) atoms. The molecule has 1 fully saturated rings. The van der Waals surface area contributed by atoms with E-state index in [0.717, 1.165) is 31.7 Å². The standard InChI is InChI=1S/C13H17ClN2O2/c1-9-6-12(14)11(7-16-9)13(17)15-4-2-10-3-5-18-8-10/h6-7,10H,2-5,8H2,1H3,(H,15,17). The number of halogens is 1. The number of rotatable bonds is 4. The van der Waals surface area contributed by atoms with Crippen molar-refractivity contribution in [1.82, 2.24) is 10.3 Å². The molecule has 1 aromatic rings. The summed E-state index contributed by atoms with van der Waals surface area (Å²) in [6, 6.07) is 1.70. The Bertz CT molecular complexity index is 431. The van der Waals surface area contributed by atoms with E-state index in [4.69, 9.17) is 16.3 Å². The van der Waals surface area contributed by atoms with Gasteiger partial charge >= 0.3 is 0 Å². The van der Waals surface area contributed by atoms with E-state index in [1.165, 1.54) is 6.20 Å². The molecule has 0 saturated carbocycles. The van der Waals surface area contributed by atoms with Crippen molar-refractivity contribution < 1.29 is 9.53 Å². The molecule has 5 heteroatoms. The van der Waals surface area contributed by atoms with Gasteiger partial charge in [0, 0.05) is 31.6 Å². The van der Waals surface area contributed by atoms with Crippen molar-refractivity contribution in [3.05, 3.63) is 28.5 Å². The zero-order valence-corrected chi connectivity index (χ0v) is 11.2. The number of nitrogens with zero attached hydrogens (tertiary/aromatic N) is 1. The first-order chi connectivity index (χ1) is 8.66. The van der Waals surface area contributed by atoms with Gasteiger partial charge in [0.05, 0.1) is 10.6 Å². The zero-order valence-electron chi connectivity index (χ0n) is 10.4. The first-order valence-electron chi connectivity index (χ1n) is 6.15. The van der Waals surface area contributed by atoms with Crippen LogP contribution in [0.5, 0.6) is 0 Å². The van der Waals surface area contributed by atoms with E-state index in [1.807, 2.05) is 6.92 Å². The molecule has 0 bridgehead atoms. The first-order valence-corrected chi connectivity index (χ1v) is 6.52. The van der Waals surface area contributed by atoms with Crippen molar-refractivity contribution in [2.24, 2.45) is 5.92 Å². The number of carbonyl (C=O) groups excluding carboxylic acids is 1. The van der Waals surface area contributed by atoms with Gasteiger partial charge in [0.2, 0.25) is 0 Å². The van der Waals surface area contributed by atoms with Gasteiger partial charge in [-0.25, -0.2) is 0 Å². The first kappa shape index (κ1) is 13.3. The Hall–Kier alpha value is -1.13. The van der Waals surface area contributed by atoms with Crippen molar-refractivity contribution in [2.75, 3.05) is 19.8 Å². The van der Waals surface area contributed by atoms with E-state index < -0.39 is 0 Å². The molecule has 1 saturated heterocycles. The SMILES string of the molecule is Cc1cc(Cl)c(C(=O)NCCC2CCOC2)cn1. The zero-order chi connectivity index (χ0) is 13.0. The molecule has 2 rings (SSSR count). The third-order valence-corrected chi connectivity index (χ3v) is 3.41. The van der Waals surface area contributed by atoms with Crippen LogP contribution in [0.4, 0.5) is 0 Å². The second kappa shape index (κ2) is 6.16. The highest BCUT2D eigenvalue weighted by molar-refractivity contribution is 6.33. The van der Waals surface area contributed by atoms with Crippen LogP contribution in [0, 0.1) is 12.8 Å². The Balaban J connectivity index is 1.83. The van der Waals surface area contributed by atoms with Crippen molar-refractivity contribution in [3.63, 3.8) is 0 Å². The molecule has 0 aromatic carbocycles. The Morgan fingerprint density at radius 1 is 1.67 bits per heavy atom. The summed E-state index contributed by atoms with van der Waals surface area (Å²) in [7, 11) is 0. The van der Waals surface area contributed by atoms with Crippen LogP contribution in [0.2, 0.25) is 5.02 Å². The molecule has 0 aliphatic carbocycles. The number of ether oxygens (including phenoxy) is 1. The van der Waals surface area contributed by atoms with Crippen LogP contribution in [-0.2, 0) is 4.74 Å². The van der Waals surface area contributed by atoms with Crippen LogP contribution in [0.25, 0.3) is 0 Å². The maximum atomic E-state index is 11.9. The monoisotopic (exact) mass is 268 g/mol. The Morgan fingerprint density at radius 3 is 3.17 bits per heavy atom. The summed E-state index contributed by atoms with van der Waals surface area (Å²) < 4.78 is 5.29. The average Bonchev–Trinajstić information content (AvgIpc) is 2.81. The summed E-state index contributed by atoms with van der Waals surface area (Å²) >= 11 is 6.01. The Kier molecular flexibility index (Phi) is 4.55. The fourth-order valence-corrected chi connectivity index (χ4v) is 2.28. The molecule has 1 atom stereocenters. The number of carbonyl (C=O) groups is 1. The average molecular weight is 269 g/mol. The molecule has 1 aliphatic rings. The van der Waals surface area contributed by atoms with Gasteiger partial charge in [-0.3, -0.25) is 9.78 Å². The van der Waals surface area contributed by atoms with E-state index in [0.29, 0.717) is 23.0 Å². The summed E-state index contributed by atoms with van der Waals surface area (Å²) in [5.41, 5.74) is 1.24. The lowest BCUT2D eigenvalue weighted by atomic mass is 10.1. The van der Waals surface area contributed by atoms with Crippen LogP contribution in [0.1, 0.15) is 28.9 Å². The van der Waals surface area contributed by atoms with Crippen LogP contribution in [0.15, 0.2) is 12.3 Å². The molecular weight excluding hydrogens is 252 g/mol. The Morgan fingerprint density at radius 2 is 2.50 bits per heavy atom. The summed E-state index contributed by atoms with van der Waals surface area (Å²) in [6.07, 6.45) is 3.55. The van der Waals surface area contributed by atoms with Gasteiger partial charge in [-0.15, -0.1) is 0 Å². The second-order valence-corrected chi connectivity index (χ2v) is 4.99. The number of hydrogen-bond donors (Lipinski definition) is 1. The molecule has 98 valence electrons. The fraction of sp³-hybridized carbons (Fsp3) is 0.538. The molecule has 1 N–H and O–H groups in total. The largest absolute Gasteiger partial charge is 0.381 e. The third-order valence-electron chi connectivity index (χ3n) is 3.10. The van der Waals surface area contributed by atoms with Gasteiger partial charge in [0.15, 0.2) is 0 Å². The highest BCUT2D eigenvalue weighted by Gasteiger charge is 2.16. The predicted molar refractivity (Wildman–Crippen MR) is 69.9 cm³/mol. The molecule has 1 amide bonds. The lowest BCUT2D eigenvalue weighted by molar-refractivity contribution is 0.0950. The topological polar surface area (TPSA) is 51.2 Å². The van der Waals surface area contributed by atoms with Crippen LogP contribution in [0.3, 0.4) is 0 Å². The van der Waals surface area contributed by atoms with Crippen molar-refractivity contribution in [3.8, 4) is 0 Å². The van der Waals surface area contributed by atoms with Crippen LogP contribution in [-0.4, -0.2) is 30.6 Å². The molecule has 0 spiro atoms. The molecule has 1 aliphatic heterocycles. The second-order valence-electron chi connectivity index (χ2n) is 4.58. The van der Waals surface area contributed by atoms with Gasteiger partial charge < -0.3 is 10.1 Å². The minimum atomic E-state index is -0.161. The Labute approximate surface area is 112 Å². The predicted octanol–water partition coefficient (Wildman–Crippen LogP) is 2.20. The van der Waals surface area contributed by atoms with E-state index in [2.05, 4.69) is 10.3 Å². The maximum Gasteiger partial charge on any atom is 0.254 e. The van der Waals surface area contributed by atoms with E-state index >= 15 is 0 Å². The number of amides is 1. The van der Waals surface area contributed by atoms with Crippen molar-refractivity contribution in [2.45, 2.75) is 19.8 Å². The molecular formula is C13H17ClN2O2. The van der Waals surface area contributed by atoms with Gasteiger partial charge in [0.1, 0.15) is 0 Å². The molecule has 4 nitrogen and oxygen atoms in total. The minimum Gasteiger partial charge on any atom is -0.381 e. The minimum absolute atomic E-state index is 0.161. The molecule has 1 aromatic heterocycles. The summed E-state index contributed by atoms with van der Waals surface area (Å²) in [4.78, 5) is 16.0. The molecule has 0 radical (unpaired) electrons. The van der Waals surface area contributed by atoms with E-state index in [-0.39, 0.29) is 5.91 Å². The van der Waals surface area contributed by atoms with Crippen molar-refractivity contribution >= 4 is 17.5 Å². The summed E-state index contributed by atoms with van der Waals surface area (Å²) in [6.45, 7) is 4.14. The highest BCUT2D eigenvalue weighted by Crippen LogP contribution is 2.17. The van der Waals surface area contributed by atoms with Gasteiger partial charge in [-0.2, -0.15) is 0 Å². The van der Waals surface area contributed by atoms with Gasteiger partial charge in [-0.1, -0.05) is 11.6 Å². The summed E-state index contributed by atoms with van der Waals surface area (Å²) in [5, 5.41) is 3.32. The fourth-order valence-electron chi connectivity index (χ4n) is 1.99. The molecule has 2 heterocycles.